The highest BCUT2D eigenvalue weighted by Gasteiger charge is 2.67. The van der Waals surface area contributed by atoms with Crippen LogP contribution in [-0.2, 0) is 4.79 Å². The Kier molecular flexibility index (Phi) is 8.22. The number of fused-ring (bicyclic) bond motifs is 5. The Bertz CT molecular complexity index is 738. The summed E-state index contributed by atoms with van der Waals surface area (Å²) in [5, 5.41) is 43.2. The molecular formula is C27H45BFO5. The van der Waals surface area contributed by atoms with Crippen LogP contribution in [0.1, 0.15) is 79.1 Å². The Morgan fingerprint density at radius 1 is 1.06 bits per heavy atom. The molecule has 4 aliphatic carbocycles. The van der Waals surface area contributed by atoms with Gasteiger partial charge >= 0.3 is 5.97 Å². The van der Waals surface area contributed by atoms with Crippen LogP contribution in [-0.4, -0.2) is 59.8 Å². The molecule has 0 amide bonds. The third-order valence-electron chi connectivity index (χ3n) is 11.4. The number of carboxylic acids is 1. The number of carbonyl (C=O) groups is 1. The van der Waals surface area contributed by atoms with Gasteiger partial charge in [-0.3, -0.25) is 9.18 Å². The van der Waals surface area contributed by atoms with E-state index in [0.29, 0.717) is 6.42 Å². The van der Waals surface area contributed by atoms with Gasteiger partial charge in [-0.2, -0.15) is 0 Å². The van der Waals surface area contributed by atoms with Crippen molar-refractivity contribution in [3.63, 3.8) is 0 Å². The van der Waals surface area contributed by atoms with Crippen molar-refractivity contribution in [1.82, 2.24) is 0 Å². The van der Waals surface area contributed by atoms with Crippen LogP contribution in [0.3, 0.4) is 0 Å². The molecule has 0 saturated heterocycles. The molecule has 0 aromatic carbocycles. The summed E-state index contributed by atoms with van der Waals surface area (Å²) in [6, 6.07) is 0. The van der Waals surface area contributed by atoms with Gasteiger partial charge < -0.3 is 20.4 Å². The van der Waals surface area contributed by atoms with E-state index in [-0.39, 0.29) is 67.8 Å². The maximum Gasteiger partial charge on any atom is 0.309 e. The molecule has 4 saturated carbocycles. The predicted molar refractivity (Wildman–Crippen MR) is 130 cm³/mol. The minimum Gasteiger partial charge on any atom is -0.481 e. The fourth-order valence-electron chi connectivity index (χ4n) is 9.73. The van der Waals surface area contributed by atoms with Crippen molar-refractivity contribution in [2.45, 2.75) is 97.4 Å². The lowest BCUT2D eigenvalue weighted by molar-refractivity contribution is -0.228. The second-order valence-electron chi connectivity index (χ2n) is 12.6. The van der Waals surface area contributed by atoms with Crippen LogP contribution in [0.4, 0.5) is 4.39 Å². The number of aliphatic carboxylic acids is 1. The number of hydrogen-bond donors (Lipinski definition) is 4. The second-order valence-corrected chi connectivity index (χ2v) is 12.6. The maximum atomic E-state index is 13.4. The number of carboxylic acid groups (broad SMARTS) is 1. The molecule has 34 heavy (non-hydrogen) atoms. The molecule has 0 bridgehead atoms. The number of rotatable bonds is 6. The number of halogens is 1. The zero-order valence-electron chi connectivity index (χ0n) is 21.4. The fraction of sp³-hybridized carbons (Fsp3) is 0.963. The van der Waals surface area contributed by atoms with E-state index in [1.54, 1.807) is 0 Å². The summed E-state index contributed by atoms with van der Waals surface area (Å²) in [6.45, 7) is 7.82. The highest BCUT2D eigenvalue weighted by Crippen LogP contribution is 2.69. The van der Waals surface area contributed by atoms with Gasteiger partial charge in [0.2, 0.25) is 0 Å². The monoisotopic (exact) mass is 479 g/mol. The Morgan fingerprint density at radius 3 is 2.32 bits per heavy atom. The van der Waals surface area contributed by atoms with E-state index in [1.807, 2.05) is 6.92 Å². The lowest BCUT2D eigenvalue weighted by atomic mass is 9.41. The lowest BCUT2D eigenvalue weighted by Gasteiger charge is -2.65. The lowest BCUT2D eigenvalue weighted by Crippen LogP contribution is -2.65. The minimum absolute atomic E-state index is 0. The van der Waals surface area contributed by atoms with Gasteiger partial charge in [0.1, 0.15) is 6.67 Å². The summed E-state index contributed by atoms with van der Waals surface area (Å²) >= 11 is 0. The minimum atomic E-state index is -1.08. The van der Waals surface area contributed by atoms with Crippen molar-refractivity contribution in [2.75, 3.05) is 6.67 Å². The Hall–Kier alpha value is -0.655. The molecule has 3 radical (unpaired) electrons. The Labute approximate surface area is 206 Å². The smallest absolute Gasteiger partial charge is 0.309 e. The van der Waals surface area contributed by atoms with Crippen LogP contribution in [0, 0.1) is 58.2 Å². The van der Waals surface area contributed by atoms with Crippen LogP contribution < -0.4 is 0 Å². The highest BCUT2D eigenvalue weighted by molar-refractivity contribution is 5.75. The maximum absolute atomic E-state index is 13.4. The van der Waals surface area contributed by atoms with E-state index in [4.69, 9.17) is 0 Å². The van der Waals surface area contributed by atoms with Crippen molar-refractivity contribution in [3.8, 4) is 0 Å². The molecular weight excluding hydrogens is 434 g/mol. The second kappa shape index (κ2) is 10.0. The third kappa shape index (κ3) is 4.06. The molecule has 4 aliphatic rings. The number of alkyl halides is 1. The molecule has 0 aromatic heterocycles. The Morgan fingerprint density at radius 2 is 1.74 bits per heavy atom. The standard InChI is InChI=1S/C27H45FO5.B/c1-5-17-20-11-16(29)8-9-26(20,3)21-12-22(30)27(4)18(6-7-19(27)23(21)24(17)31)14(2)10-15(13-28)25(32)33;/h14-24,29-31H,5-13H2,1-4H3,(H,32,33);/t14-,15?,16-,17-,18-,19?,20+,21?,22+,23?,24-,26+,27-;/m1./s1. The molecule has 7 heteroatoms. The molecule has 0 aromatic rings. The van der Waals surface area contributed by atoms with Gasteiger partial charge in [-0.15, -0.1) is 0 Å². The summed E-state index contributed by atoms with van der Waals surface area (Å²) in [5.41, 5.74) is -0.380. The molecule has 193 valence electrons. The van der Waals surface area contributed by atoms with E-state index in [2.05, 4.69) is 20.8 Å². The summed E-state index contributed by atoms with van der Waals surface area (Å²) in [5.74, 6) is -0.991. The van der Waals surface area contributed by atoms with Crippen LogP contribution in [0.15, 0.2) is 0 Å². The summed E-state index contributed by atoms with van der Waals surface area (Å²) in [6.07, 6.45) is 4.88. The van der Waals surface area contributed by atoms with Crippen molar-refractivity contribution in [3.05, 3.63) is 0 Å². The predicted octanol–water partition coefficient (Wildman–Crippen LogP) is 3.90. The fourth-order valence-corrected chi connectivity index (χ4v) is 9.73. The Balaban J connectivity index is 0.00000324. The number of aliphatic hydroxyl groups excluding tert-OH is 3. The van der Waals surface area contributed by atoms with Gasteiger partial charge in [-0.05, 0) is 97.2 Å². The average Bonchev–Trinajstić information content (AvgIpc) is 3.12. The molecule has 0 aliphatic heterocycles. The summed E-state index contributed by atoms with van der Waals surface area (Å²) < 4.78 is 13.4. The molecule has 0 heterocycles. The molecule has 5 nitrogen and oxygen atoms in total. The van der Waals surface area contributed by atoms with E-state index >= 15 is 0 Å². The van der Waals surface area contributed by atoms with Gasteiger partial charge in [-0.25, -0.2) is 0 Å². The van der Waals surface area contributed by atoms with Crippen molar-refractivity contribution in [2.24, 2.45) is 58.2 Å². The first-order chi connectivity index (χ1) is 15.5. The normalized spacial score (nSPS) is 49.7. The molecule has 0 spiro atoms. The van der Waals surface area contributed by atoms with Crippen LogP contribution in [0.5, 0.6) is 0 Å². The first kappa shape index (κ1) is 27.9. The SMILES string of the molecule is CC[C@H]1[C@@H](O)C2C3CC[C@H]([C@H](C)CC(CF)C(=O)O)[C@@]3(C)[C@@H](O)CC2[C@@]2(C)CC[C@@H](O)C[C@@H]12.[B]. The summed E-state index contributed by atoms with van der Waals surface area (Å²) in [4.78, 5) is 11.5. The summed E-state index contributed by atoms with van der Waals surface area (Å²) in [7, 11) is 0. The molecule has 4 rings (SSSR count). The quantitative estimate of drug-likeness (QED) is 0.434. The van der Waals surface area contributed by atoms with Crippen molar-refractivity contribution < 1.29 is 29.6 Å². The number of aliphatic hydroxyl groups is 3. The first-order valence-electron chi connectivity index (χ1n) is 13.3. The first-order valence-corrected chi connectivity index (χ1v) is 13.3. The van der Waals surface area contributed by atoms with Crippen molar-refractivity contribution in [1.29, 1.82) is 0 Å². The van der Waals surface area contributed by atoms with E-state index in [0.717, 1.165) is 38.5 Å². The third-order valence-corrected chi connectivity index (χ3v) is 11.4. The van der Waals surface area contributed by atoms with Gasteiger partial charge in [0.25, 0.3) is 0 Å². The molecule has 13 atom stereocenters. The van der Waals surface area contributed by atoms with Gasteiger partial charge in [0.15, 0.2) is 0 Å². The zero-order chi connectivity index (χ0) is 24.3. The largest absolute Gasteiger partial charge is 0.481 e. The zero-order valence-corrected chi connectivity index (χ0v) is 21.4. The van der Waals surface area contributed by atoms with Crippen LogP contribution >= 0.6 is 0 Å². The van der Waals surface area contributed by atoms with Gasteiger partial charge in [0.05, 0.1) is 24.2 Å². The van der Waals surface area contributed by atoms with Crippen molar-refractivity contribution >= 4 is 14.4 Å². The van der Waals surface area contributed by atoms with Gasteiger partial charge in [-0.1, -0.05) is 34.1 Å². The number of hydrogen-bond acceptors (Lipinski definition) is 4. The van der Waals surface area contributed by atoms with Crippen LogP contribution in [0.25, 0.3) is 0 Å². The van der Waals surface area contributed by atoms with E-state index in [9.17, 15) is 29.6 Å². The van der Waals surface area contributed by atoms with Crippen LogP contribution in [0.2, 0.25) is 0 Å². The highest BCUT2D eigenvalue weighted by atomic mass is 19.1. The topological polar surface area (TPSA) is 98.0 Å². The van der Waals surface area contributed by atoms with E-state index < -0.39 is 36.2 Å². The van der Waals surface area contributed by atoms with E-state index in [1.165, 1.54) is 0 Å². The van der Waals surface area contributed by atoms with Gasteiger partial charge in [0, 0.05) is 8.41 Å². The molecule has 4 N–H and O–H groups in total. The molecule has 4 unspecified atom stereocenters. The molecule has 4 fully saturated rings. The average molecular weight is 479 g/mol.